The second-order valence-electron chi connectivity index (χ2n) is 6.02. The predicted octanol–water partition coefficient (Wildman–Crippen LogP) is 0.681. The van der Waals surface area contributed by atoms with Gasteiger partial charge >= 0.3 is 5.69 Å². The van der Waals surface area contributed by atoms with E-state index < -0.39 is 23.6 Å². The highest BCUT2D eigenvalue weighted by Gasteiger charge is 2.20. The van der Waals surface area contributed by atoms with E-state index in [0.717, 1.165) is 13.8 Å². The van der Waals surface area contributed by atoms with Gasteiger partial charge in [-0.1, -0.05) is 11.3 Å². The minimum Gasteiger partial charge on any atom is -0.497 e. The number of amides is 1. The lowest BCUT2D eigenvalue weighted by Crippen LogP contribution is -2.42. The fraction of sp³-hybridized carbons (Fsp3) is 0.235. The monoisotopic (exact) mass is 402 g/mol. The van der Waals surface area contributed by atoms with Crippen molar-refractivity contribution in [1.82, 2.24) is 14.1 Å². The van der Waals surface area contributed by atoms with E-state index in [1.807, 2.05) is 0 Å². The molecule has 28 heavy (non-hydrogen) atoms. The number of thiazole rings is 1. The van der Waals surface area contributed by atoms with E-state index in [9.17, 15) is 14.4 Å². The van der Waals surface area contributed by atoms with Crippen molar-refractivity contribution in [2.24, 2.45) is 14.1 Å². The normalized spacial score (nSPS) is 10.8. The van der Waals surface area contributed by atoms with Crippen molar-refractivity contribution in [2.75, 3.05) is 18.2 Å². The van der Waals surface area contributed by atoms with E-state index in [0.29, 0.717) is 16.4 Å². The fourth-order valence-electron chi connectivity index (χ4n) is 2.64. The predicted molar refractivity (Wildman–Crippen MR) is 108 cm³/mol. The number of aromatic nitrogens is 3. The van der Waals surface area contributed by atoms with Gasteiger partial charge in [-0.2, -0.15) is 0 Å². The zero-order chi connectivity index (χ0) is 20.6. The average molecular weight is 402 g/mol. The molecule has 0 saturated carbocycles. The van der Waals surface area contributed by atoms with Crippen LogP contribution in [0.25, 0.3) is 10.2 Å². The van der Waals surface area contributed by atoms with Crippen LogP contribution in [0.1, 0.15) is 12.0 Å². The van der Waals surface area contributed by atoms with Gasteiger partial charge in [0.15, 0.2) is 5.13 Å². The number of carbonyl (C=O) groups excluding carboxylic acids is 1. The second-order valence-corrected chi connectivity index (χ2v) is 7.05. The molecule has 2 heterocycles. The molecular weight excluding hydrogens is 384 g/mol. The van der Waals surface area contributed by atoms with Crippen LogP contribution in [-0.2, 0) is 18.9 Å². The van der Waals surface area contributed by atoms with E-state index >= 15 is 0 Å². The molecule has 0 saturated heterocycles. The highest BCUT2D eigenvalue weighted by molar-refractivity contribution is 7.22. The van der Waals surface area contributed by atoms with Crippen LogP contribution in [0.15, 0.2) is 27.8 Å². The summed E-state index contributed by atoms with van der Waals surface area (Å²) in [5.74, 6) is 0.00104. The fourth-order valence-corrected chi connectivity index (χ4v) is 3.55. The molecule has 0 unspecified atom stereocenters. The van der Waals surface area contributed by atoms with Crippen LogP contribution in [0.2, 0.25) is 0 Å². The van der Waals surface area contributed by atoms with Crippen molar-refractivity contribution in [1.29, 1.82) is 5.41 Å². The maximum atomic E-state index is 12.3. The first-order valence-corrected chi connectivity index (χ1v) is 8.92. The number of nitrogen functional groups attached to an aromatic ring is 1. The molecule has 0 aliphatic rings. The van der Waals surface area contributed by atoms with Crippen LogP contribution < -0.4 is 27.0 Å². The van der Waals surface area contributed by atoms with Crippen LogP contribution in [0.5, 0.6) is 5.75 Å². The maximum absolute atomic E-state index is 12.3. The molecular formula is C17H18N6O4S. The Morgan fingerprint density at radius 1 is 1.32 bits per heavy atom. The number of hydrogen-bond donors (Lipinski definition) is 3. The minimum absolute atomic E-state index is 0.155. The third-order valence-corrected chi connectivity index (χ3v) is 5.12. The molecule has 0 bridgehead atoms. The van der Waals surface area contributed by atoms with E-state index in [-0.39, 0.29) is 17.1 Å². The molecule has 4 N–H and O–H groups in total. The van der Waals surface area contributed by atoms with Gasteiger partial charge in [0, 0.05) is 14.1 Å². The van der Waals surface area contributed by atoms with Crippen LogP contribution >= 0.6 is 11.3 Å². The topological polar surface area (TPSA) is 145 Å². The van der Waals surface area contributed by atoms with Crippen LogP contribution in [-0.4, -0.2) is 32.8 Å². The molecule has 1 aromatic carbocycles. The molecule has 11 heteroatoms. The summed E-state index contributed by atoms with van der Waals surface area (Å²) in [5, 5.41) is 11.1. The van der Waals surface area contributed by atoms with Gasteiger partial charge in [-0.3, -0.25) is 18.7 Å². The highest BCUT2D eigenvalue weighted by Crippen LogP contribution is 2.29. The Balaban J connectivity index is 1.81. The number of rotatable bonds is 5. The van der Waals surface area contributed by atoms with Crippen molar-refractivity contribution in [3.8, 4) is 5.75 Å². The standard InChI is InChI=1S/C17H18N6O4S/c1-22-14(19)13(15(25)23(2)17(22)26)9(18)7-12(24)21-16-20-10-5-4-8(27-3)6-11(10)28-16/h4-6,18H,7,19H2,1-3H3,(H,20,21,24). The summed E-state index contributed by atoms with van der Waals surface area (Å²) in [5.41, 5.74) is 4.74. The molecule has 3 aromatic rings. The molecule has 0 fully saturated rings. The van der Waals surface area contributed by atoms with Crippen molar-refractivity contribution >= 4 is 44.1 Å². The molecule has 1 amide bonds. The number of fused-ring (bicyclic) bond motifs is 1. The van der Waals surface area contributed by atoms with Gasteiger partial charge in [-0.05, 0) is 18.2 Å². The molecule has 146 valence electrons. The molecule has 0 radical (unpaired) electrons. The third kappa shape index (κ3) is 3.39. The zero-order valence-electron chi connectivity index (χ0n) is 15.4. The number of nitrogens with zero attached hydrogens (tertiary/aromatic N) is 3. The number of benzene rings is 1. The Morgan fingerprint density at radius 3 is 2.71 bits per heavy atom. The highest BCUT2D eigenvalue weighted by atomic mass is 32.1. The largest absolute Gasteiger partial charge is 0.497 e. The second kappa shape index (κ2) is 7.27. The Bertz CT molecular complexity index is 1220. The lowest BCUT2D eigenvalue weighted by molar-refractivity contribution is -0.115. The first-order chi connectivity index (χ1) is 13.2. The van der Waals surface area contributed by atoms with Gasteiger partial charge in [-0.15, -0.1) is 0 Å². The molecule has 3 rings (SSSR count). The summed E-state index contributed by atoms with van der Waals surface area (Å²) in [6.45, 7) is 0. The maximum Gasteiger partial charge on any atom is 0.332 e. The average Bonchev–Trinajstić information content (AvgIpc) is 3.05. The van der Waals surface area contributed by atoms with Crippen LogP contribution in [0, 0.1) is 5.41 Å². The van der Waals surface area contributed by atoms with Gasteiger partial charge in [0.25, 0.3) is 5.56 Å². The van der Waals surface area contributed by atoms with E-state index in [2.05, 4.69) is 10.3 Å². The molecule has 0 aliphatic carbocycles. The summed E-state index contributed by atoms with van der Waals surface area (Å²) in [4.78, 5) is 40.8. The van der Waals surface area contributed by atoms with E-state index in [4.69, 9.17) is 15.9 Å². The summed E-state index contributed by atoms with van der Waals surface area (Å²) in [7, 11) is 4.24. The summed E-state index contributed by atoms with van der Waals surface area (Å²) >= 11 is 1.26. The minimum atomic E-state index is -0.717. The number of hydrogen-bond acceptors (Lipinski definition) is 8. The lowest BCUT2D eigenvalue weighted by atomic mass is 10.1. The number of ether oxygens (including phenoxy) is 1. The Morgan fingerprint density at radius 2 is 2.04 bits per heavy atom. The summed E-state index contributed by atoms with van der Waals surface area (Å²) < 4.78 is 7.90. The summed E-state index contributed by atoms with van der Waals surface area (Å²) in [6.07, 6.45) is -0.392. The van der Waals surface area contributed by atoms with Gasteiger partial charge in [0.1, 0.15) is 17.1 Å². The van der Waals surface area contributed by atoms with Gasteiger partial charge in [-0.25, -0.2) is 9.78 Å². The van der Waals surface area contributed by atoms with Crippen molar-refractivity contribution in [2.45, 2.75) is 6.42 Å². The Labute approximate surface area is 162 Å². The summed E-state index contributed by atoms with van der Waals surface area (Å²) in [6, 6.07) is 5.35. The SMILES string of the molecule is COc1ccc2nc(NC(=O)CC(=N)c3c(N)n(C)c(=O)n(C)c3=O)sc2c1. The zero-order valence-corrected chi connectivity index (χ0v) is 16.2. The molecule has 0 aliphatic heterocycles. The van der Waals surface area contributed by atoms with Gasteiger partial charge in [0.2, 0.25) is 5.91 Å². The third-order valence-electron chi connectivity index (χ3n) is 4.19. The van der Waals surface area contributed by atoms with E-state index in [1.54, 1.807) is 25.3 Å². The van der Waals surface area contributed by atoms with Crippen molar-refractivity contribution in [3.63, 3.8) is 0 Å². The van der Waals surface area contributed by atoms with Gasteiger partial charge < -0.3 is 21.2 Å². The number of anilines is 2. The van der Waals surface area contributed by atoms with Gasteiger partial charge in [0.05, 0.1) is 29.5 Å². The molecule has 10 nitrogen and oxygen atoms in total. The quantitative estimate of drug-likeness (QED) is 0.535. The molecule has 2 aromatic heterocycles. The Hall–Kier alpha value is -3.47. The first-order valence-electron chi connectivity index (χ1n) is 8.10. The first kappa shape index (κ1) is 19.3. The lowest BCUT2D eigenvalue weighted by Gasteiger charge is -2.12. The molecule has 0 atom stereocenters. The smallest absolute Gasteiger partial charge is 0.332 e. The number of nitrogens with one attached hydrogen (secondary N) is 2. The molecule has 0 spiro atoms. The van der Waals surface area contributed by atoms with Crippen molar-refractivity contribution in [3.05, 3.63) is 44.6 Å². The number of methoxy groups -OCH3 is 1. The van der Waals surface area contributed by atoms with Crippen LogP contribution in [0.4, 0.5) is 10.9 Å². The number of nitrogens with two attached hydrogens (primary N) is 1. The number of carbonyl (C=O) groups is 1. The van der Waals surface area contributed by atoms with Crippen LogP contribution in [0.3, 0.4) is 0 Å². The van der Waals surface area contributed by atoms with Crippen molar-refractivity contribution < 1.29 is 9.53 Å². The van der Waals surface area contributed by atoms with E-state index in [1.165, 1.54) is 25.4 Å². The Kier molecular flexibility index (Phi) is 5.01.